The standard InChI is InChI=1S/C12H14F2O2S/c1-12(2,11(15)16)5-6-17-10-4-3-8(13)7-9(10)14/h3-4,7H,5-6H2,1-2H3,(H,15,16). The number of carboxylic acid groups (broad SMARTS) is 1. The maximum atomic E-state index is 13.3. The van der Waals surface area contributed by atoms with Gasteiger partial charge in [0, 0.05) is 11.0 Å². The maximum absolute atomic E-state index is 13.3. The van der Waals surface area contributed by atoms with Crippen molar-refractivity contribution in [1.29, 1.82) is 0 Å². The van der Waals surface area contributed by atoms with E-state index in [2.05, 4.69) is 0 Å². The molecule has 0 fully saturated rings. The fourth-order valence-corrected chi connectivity index (χ4v) is 2.31. The molecular weight excluding hydrogens is 246 g/mol. The number of hydrogen-bond acceptors (Lipinski definition) is 2. The Kier molecular flexibility index (Phi) is 4.51. The molecule has 0 unspecified atom stereocenters. The zero-order valence-corrected chi connectivity index (χ0v) is 10.5. The number of rotatable bonds is 5. The van der Waals surface area contributed by atoms with Crippen LogP contribution in [-0.2, 0) is 4.79 Å². The van der Waals surface area contributed by atoms with Crippen molar-refractivity contribution in [1.82, 2.24) is 0 Å². The first-order valence-electron chi connectivity index (χ1n) is 5.14. The molecule has 2 nitrogen and oxygen atoms in total. The minimum absolute atomic E-state index is 0.340. The van der Waals surface area contributed by atoms with Crippen LogP contribution in [0.3, 0.4) is 0 Å². The molecule has 0 aliphatic carbocycles. The summed E-state index contributed by atoms with van der Waals surface area (Å²) in [6, 6.07) is 3.38. The third kappa shape index (κ3) is 4.00. The Labute approximate surface area is 103 Å². The van der Waals surface area contributed by atoms with Crippen molar-refractivity contribution < 1.29 is 18.7 Å². The molecule has 0 saturated heterocycles. The molecule has 0 spiro atoms. The zero-order valence-electron chi connectivity index (χ0n) is 9.67. The van der Waals surface area contributed by atoms with Crippen LogP contribution < -0.4 is 0 Å². The molecule has 0 amide bonds. The molecule has 0 atom stereocenters. The highest BCUT2D eigenvalue weighted by atomic mass is 32.2. The van der Waals surface area contributed by atoms with Gasteiger partial charge < -0.3 is 5.11 Å². The van der Waals surface area contributed by atoms with E-state index in [1.165, 1.54) is 23.9 Å². The largest absolute Gasteiger partial charge is 0.481 e. The lowest BCUT2D eigenvalue weighted by Crippen LogP contribution is -2.24. The van der Waals surface area contributed by atoms with Crippen LogP contribution in [0.25, 0.3) is 0 Å². The number of carboxylic acids is 1. The molecular formula is C12H14F2O2S. The minimum atomic E-state index is -0.877. The molecule has 0 saturated carbocycles. The van der Waals surface area contributed by atoms with Gasteiger partial charge in [0.2, 0.25) is 0 Å². The second-order valence-electron chi connectivity index (χ2n) is 4.36. The smallest absolute Gasteiger partial charge is 0.309 e. The van der Waals surface area contributed by atoms with Crippen molar-refractivity contribution >= 4 is 17.7 Å². The molecule has 1 N–H and O–H groups in total. The molecule has 0 radical (unpaired) electrons. The minimum Gasteiger partial charge on any atom is -0.481 e. The monoisotopic (exact) mass is 260 g/mol. The molecule has 1 aromatic rings. The van der Waals surface area contributed by atoms with Gasteiger partial charge >= 0.3 is 5.97 Å². The first-order valence-corrected chi connectivity index (χ1v) is 6.13. The van der Waals surface area contributed by atoms with E-state index in [0.29, 0.717) is 17.1 Å². The topological polar surface area (TPSA) is 37.3 Å². The highest BCUT2D eigenvalue weighted by Crippen LogP contribution is 2.28. The van der Waals surface area contributed by atoms with Crippen LogP contribution in [0.4, 0.5) is 8.78 Å². The molecule has 0 heterocycles. The van der Waals surface area contributed by atoms with E-state index >= 15 is 0 Å². The Hall–Kier alpha value is -1.10. The number of benzene rings is 1. The van der Waals surface area contributed by atoms with Gasteiger partial charge in [0.05, 0.1) is 5.41 Å². The van der Waals surface area contributed by atoms with Gasteiger partial charge in [-0.15, -0.1) is 11.8 Å². The number of aliphatic carboxylic acids is 1. The lowest BCUT2D eigenvalue weighted by molar-refractivity contribution is -0.146. The van der Waals surface area contributed by atoms with Crippen LogP contribution >= 0.6 is 11.8 Å². The predicted octanol–water partition coefficient (Wildman–Crippen LogP) is 3.56. The van der Waals surface area contributed by atoms with Crippen molar-refractivity contribution in [3.05, 3.63) is 29.8 Å². The van der Waals surface area contributed by atoms with Crippen molar-refractivity contribution in [2.45, 2.75) is 25.2 Å². The summed E-state index contributed by atoms with van der Waals surface area (Å²) in [5.41, 5.74) is -0.830. The van der Waals surface area contributed by atoms with Crippen molar-refractivity contribution in [3.8, 4) is 0 Å². The van der Waals surface area contributed by atoms with E-state index in [9.17, 15) is 13.6 Å². The second kappa shape index (κ2) is 5.49. The fraction of sp³-hybridized carbons (Fsp3) is 0.417. The van der Waals surface area contributed by atoms with Gasteiger partial charge in [-0.2, -0.15) is 0 Å². The second-order valence-corrected chi connectivity index (χ2v) is 5.50. The summed E-state index contributed by atoms with van der Waals surface area (Å²) in [5.74, 6) is -1.62. The SMILES string of the molecule is CC(C)(CCSc1ccc(F)cc1F)C(=O)O. The van der Waals surface area contributed by atoms with Crippen LogP contribution in [0.15, 0.2) is 23.1 Å². The van der Waals surface area contributed by atoms with Gasteiger partial charge in [0.15, 0.2) is 0 Å². The van der Waals surface area contributed by atoms with Gasteiger partial charge in [-0.25, -0.2) is 8.78 Å². The summed E-state index contributed by atoms with van der Waals surface area (Å²) < 4.78 is 25.9. The fourth-order valence-electron chi connectivity index (χ4n) is 1.12. The lowest BCUT2D eigenvalue weighted by Gasteiger charge is -2.18. The molecule has 5 heteroatoms. The normalized spacial score (nSPS) is 11.5. The number of thioether (sulfide) groups is 1. The maximum Gasteiger partial charge on any atom is 0.309 e. The molecule has 0 aliphatic rings. The van der Waals surface area contributed by atoms with Crippen LogP contribution in [0.1, 0.15) is 20.3 Å². The zero-order chi connectivity index (χ0) is 13.1. The molecule has 1 rings (SSSR count). The summed E-state index contributed by atoms with van der Waals surface area (Å²) in [4.78, 5) is 11.2. The first kappa shape index (κ1) is 14.0. The summed E-state index contributed by atoms with van der Waals surface area (Å²) >= 11 is 1.20. The molecule has 0 aliphatic heterocycles. The quantitative estimate of drug-likeness (QED) is 0.822. The summed E-state index contributed by atoms with van der Waals surface area (Å²) in [6.07, 6.45) is 0.420. The van der Waals surface area contributed by atoms with E-state index < -0.39 is 23.0 Å². The van der Waals surface area contributed by atoms with Crippen molar-refractivity contribution in [2.24, 2.45) is 5.41 Å². The molecule has 94 valence electrons. The van der Waals surface area contributed by atoms with E-state index in [1.807, 2.05) is 0 Å². The Morgan fingerprint density at radius 2 is 2.06 bits per heavy atom. The Bertz CT molecular complexity index is 419. The third-order valence-corrected chi connectivity index (χ3v) is 3.51. The van der Waals surface area contributed by atoms with Crippen LogP contribution in [-0.4, -0.2) is 16.8 Å². The summed E-state index contributed by atoms with van der Waals surface area (Å²) in [6.45, 7) is 3.24. The van der Waals surface area contributed by atoms with E-state index in [-0.39, 0.29) is 0 Å². The average Bonchev–Trinajstić information content (AvgIpc) is 2.21. The average molecular weight is 260 g/mol. The molecule has 0 bridgehead atoms. The highest BCUT2D eigenvalue weighted by Gasteiger charge is 2.26. The summed E-state index contributed by atoms with van der Waals surface area (Å²) in [7, 11) is 0. The Morgan fingerprint density at radius 3 is 2.59 bits per heavy atom. The van der Waals surface area contributed by atoms with Crippen LogP contribution in [0.5, 0.6) is 0 Å². The van der Waals surface area contributed by atoms with E-state index in [4.69, 9.17) is 5.11 Å². The van der Waals surface area contributed by atoms with Crippen molar-refractivity contribution in [3.63, 3.8) is 0 Å². The van der Waals surface area contributed by atoms with Gasteiger partial charge in [0.25, 0.3) is 0 Å². The van der Waals surface area contributed by atoms with E-state index in [1.54, 1.807) is 13.8 Å². The van der Waals surface area contributed by atoms with Crippen LogP contribution in [0, 0.1) is 17.0 Å². The number of carbonyl (C=O) groups is 1. The van der Waals surface area contributed by atoms with Gasteiger partial charge in [-0.05, 0) is 38.2 Å². The first-order chi connectivity index (χ1) is 7.83. The van der Waals surface area contributed by atoms with Crippen LogP contribution in [0.2, 0.25) is 0 Å². The van der Waals surface area contributed by atoms with Gasteiger partial charge in [0.1, 0.15) is 11.6 Å². The number of halogens is 2. The van der Waals surface area contributed by atoms with Gasteiger partial charge in [-0.3, -0.25) is 4.79 Å². The van der Waals surface area contributed by atoms with Gasteiger partial charge in [-0.1, -0.05) is 0 Å². The predicted molar refractivity (Wildman–Crippen MR) is 63.1 cm³/mol. The lowest BCUT2D eigenvalue weighted by atomic mass is 9.91. The molecule has 1 aromatic carbocycles. The van der Waals surface area contributed by atoms with E-state index in [0.717, 1.165) is 6.07 Å². The third-order valence-electron chi connectivity index (χ3n) is 2.46. The molecule has 17 heavy (non-hydrogen) atoms. The highest BCUT2D eigenvalue weighted by molar-refractivity contribution is 7.99. The Morgan fingerprint density at radius 1 is 1.41 bits per heavy atom. The Balaban J connectivity index is 2.54. The summed E-state index contributed by atoms with van der Waals surface area (Å²) in [5, 5.41) is 8.90. The van der Waals surface area contributed by atoms with Crippen molar-refractivity contribution in [2.75, 3.05) is 5.75 Å². The number of hydrogen-bond donors (Lipinski definition) is 1. The molecule has 0 aromatic heterocycles.